The topological polar surface area (TPSA) is 39.2 Å². The molecule has 18 heavy (non-hydrogen) atoms. The first-order valence-corrected chi connectivity index (χ1v) is 6.29. The molecule has 0 aliphatic carbocycles. The summed E-state index contributed by atoms with van der Waals surface area (Å²) in [5, 5.41) is 0.0746. The number of hydrogen-bond acceptors (Lipinski definition) is 3. The first-order chi connectivity index (χ1) is 8.51. The lowest BCUT2D eigenvalue weighted by Gasteiger charge is -2.11. The van der Waals surface area contributed by atoms with E-state index in [4.69, 9.17) is 0 Å². The molecule has 1 aromatic heterocycles. The Labute approximate surface area is 110 Å². The number of nitrogens with zero attached hydrogens (tertiary/aromatic N) is 1. The van der Waals surface area contributed by atoms with Crippen LogP contribution in [0.5, 0.6) is 0 Å². The highest BCUT2D eigenvalue weighted by Crippen LogP contribution is 2.28. The van der Waals surface area contributed by atoms with Gasteiger partial charge in [-0.05, 0) is 6.92 Å². The van der Waals surface area contributed by atoms with Crippen molar-refractivity contribution in [1.29, 1.82) is 0 Å². The van der Waals surface area contributed by atoms with Crippen LogP contribution in [0.4, 0.5) is 13.2 Å². The van der Waals surface area contributed by atoms with Crippen LogP contribution >= 0.6 is 15.9 Å². The zero-order chi connectivity index (χ0) is 13.7. The molecule has 0 bridgehead atoms. The molecule has 0 aromatic carbocycles. The van der Waals surface area contributed by atoms with Crippen molar-refractivity contribution in [3.8, 4) is 0 Å². The van der Waals surface area contributed by atoms with E-state index in [-0.39, 0.29) is 23.2 Å². The Morgan fingerprint density at radius 3 is 2.72 bits per heavy atom. The molecule has 0 saturated heterocycles. The van der Waals surface area contributed by atoms with E-state index in [1.165, 1.54) is 0 Å². The summed E-state index contributed by atoms with van der Waals surface area (Å²) in [4.78, 5) is 14.9. The normalized spacial score (nSPS) is 10.8. The van der Waals surface area contributed by atoms with Crippen LogP contribution in [0.25, 0.3) is 0 Å². The van der Waals surface area contributed by atoms with Gasteiger partial charge in [-0.2, -0.15) is 0 Å². The molecule has 1 heterocycles. The Balaban J connectivity index is 3.11. The largest absolute Gasteiger partial charge is 0.466 e. The van der Waals surface area contributed by atoms with Crippen LogP contribution in [0.1, 0.15) is 30.2 Å². The van der Waals surface area contributed by atoms with Crippen LogP contribution in [0, 0.1) is 5.82 Å². The summed E-state index contributed by atoms with van der Waals surface area (Å²) in [5.41, 5.74) is -1.09. The second-order valence-corrected chi connectivity index (χ2v) is 3.93. The van der Waals surface area contributed by atoms with Gasteiger partial charge in [-0.1, -0.05) is 15.9 Å². The van der Waals surface area contributed by atoms with Gasteiger partial charge in [0, 0.05) is 17.1 Å². The van der Waals surface area contributed by atoms with E-state index < -0.39 is 30.2 Å². The van der Waals surface area contributed by atoms with Crippen LogP contribution in [0.2, 0.25) is 0 Å². The number of esters is 1. The van der Waals surface area contributed by atoms with Gasteiger partial charge >= 0.3 is 5.97 Å². The van der Waals surface area contributed by atoms with Crippen molar-refractivity contribution in [3.63, 3.8) is 0 Å². The summed E-state index contributed by atoms with van der Waals surface area (Å²) in [6.07, 6.45) is -2.36. The molecule has 0 aliphatic heterocycles. The van der Waals surface area contributed by atoms with E-state index in [9.17, 15) is 18.0 Å². The molecule has 0 unspecified atom stereocenters. The summed E-state index contributed by atoms with van der Waals surface area (Å²) >= 11 is 2.98. The fourth-order valence-electron chi connectivity index (χ4n) is 1.39. The predicted octanol–water partition coefficient (Wildman–Crippen LogP) is 3.16. The smallest absolute Gasteiger partial charge is 0.311 e. The third-order valence-corrected chi connectivity index (χ3v) is 2.79. The van der Waals surface area contributed by atoms with Gasteiger partial charge in [0.2, 0.25) is 0 Å². The zero-order valence-electron chi connectivity index (χ0n) is 9.55. The van der Waals surface area contributed by atoms with Gasteiger partial charge in [-0.3, -0.25) is 9.78 Å². The van der Waals surface area contributed by atoms with Crippen LogP contribution in [0.15, 0.2) is 6.20 Å². The number of alkyl halides is 3. The van der Waals surface area contributed by atoms with E-state index in [1.54, 1.807) is 6.92 Å². The minimum Gasteiger partial charge on any atom is -0.466 e. The fraction of sp³-hybridized carbons (Fsp3) is 0.455. The first kappa shape index (κ1) is 14.9. The maximum absolute atomic E-state index is 13.7. The summed E-state index contributed by atoms with van der Waals surface area (Å²) in [6, 6.07) is 0. The predicted molar refractivity (Wildman–Crippen MR) is 62.1 cm³/mol. The molecule has 1 aromatic rings. The molecule has 0 radical (unpaired) electrons. The minimum absolute atomic E-state index is 0.0258. The van der Waals surface area contributed by atoms with Gasteiger partial charge in [-0.15, -0.1) is 0 Å². The van der Waals surface area contributed by atoms with Crippen molar-refractivity contribution in [2.45, 2.75) is 25.1 Å². The summed E-state index contributed by atoms with van der Waals surface area (Å²) in [7, 11) is 0. The molecule has 0 N–H and O–H groups in total. The Hall–Kier alpha value is -1.11. The lowest BCUT2D eigenvalue weighted by atomic mass is 10.1. The Morgan fingerprint density at radius 1 is 1.56 bits per heavy atom. The number of carbonyl (C=O) groups excluding carboxylic acids is 1. The maximum Gasteiger partial charge on any atom is 0.311 e. The third-order valence-electron chi connectivity index (χ3n) is 2.18. The van der Waals surface area contributed by atoms with Crippen molar-refractivity contribution in [2.75, 3.05) is 6.61 Å². The van der Waals surface area contributed by atoms with Crippen molar-refractivity contribution in [2.24, 2.45) is 0 Å². The quantitative estimate of drug-likeness (QED) is 0.616. The Morgan fingerprint density at radius 2 is 2.22 bits per heavy atom. The number of aromatic nitrogens is 1. The lowest BCUT2D eigenvalue weighted by molar-refractivity contribution is -0.142. The van der Waals surface area contributed by atoms with E-state index in [1.807, 2.05) is 0 Å². The van der Waals surface area contributed by atoms with Crippen LogP contribution in [0.3, 0.4) is 0 Å². The molecule has 0 atom stereocenters. The summed E-state index contributed by atoms with van der Waals surface area (Å²) in [6.45, 7) is 1.72. The highest BCUT2D eigenvalue weighted by atomic mass is 79.9. The molecular weight excluding hydrogens is 315 g/mol. The van der Waals surface area contributed by atoms with E-state index in [2.05, 4.69) is 25.7 Å². The second-order valence-electron chi connectivity index (χ2n) is 3.37. The Bertz CT molecular complexity index is 441. The van der Waals surface area contributed by atoms with Crippen LogP contribution in [-0.4, -0.2) is 17.6 Å². The number of halogens is 4. The minimum atomic E-state index is -3.03. The fourth-order valence-corrected chi connectivity index (χ4v) is 1.78. The molecule has 0 fully saturated rings. The summed E-state index contributed by atoms with van der Waals surface area (Å²) < 4.78 is 43.9. The average molecular weight is 326 g/mol. The first-order valence-electron chi connectivity index (χ1n) is 5.17. The molecule has 0 spiro atoms. The summed E-state index contributed by atoms with van der Waals surface area (Å²) in [5.74, 6) is -1.74. The molecule has 100 valence electrons. The number of pyridine rings is 1. The van der Waals surface area contributed by atoms with Gasteiger partial charge in [-0.25, -0.2) is 13.2 Å². The molecule has 7 heteroatoms. The number of hydrogen-bond donors (Lipinski definition) is 0. The molecule has 0 saturated carbocycles. The molecule has 1 rings (SSSR count). The molecular formula is C11H11BrF3NO2. The molecule has 0 amide bonds. The third kappa shape index (κ3) is 3.44. The number of ether oxygens (including phenoxy) is 1. The van der Waals surface area contributed by atoms with Crippen LogP contribution in [-0.2, 0) is 21.3 Å². The Kier molecular flexibility index (Phi) is 5.58. The SMILES string of the molecule is CCOC(=O)Cc1ncc(CBr)c(F)c1C(F)F. The van der Waals surface area contributed by atoms with E-state index in [0.29, 0.717) is 0 Å². The monoisotopic (exact) mass is 325 g/mol. The van der Waals surface area contributed by atoms with Gasteiger partial charge in [0.25, 0.3) is 6.43 Å². The van der Waals surface area contributed by atoms with Gasteiger partial charge < -0.3 is 4.74 Å². The van der Waals surface area contributed by atoms with Crippen LogP contribution < -0.4 is 0 Å². The van der Waals surface area contributed by atoms with Gasteiger partial charge in [0.05, 0.1) is 24.3 Å². The standard InChI is InChI=1S/C11H11BrF3NO2/c1-2-18-8(17)3-7-9(11(14)15)10(13)6(4-12)5-16-7/h5,11H,2-4H2,1H3. The van der Waals surface area contributed by atoms with E-state index >= 15 is 0 Å². The number of carbonyl (C=O) groups is 1. The second kappa shape index (κ2) is 6.72. The highest BCUT2D eigenvalue weighted by molar-refractivity contribution is 9.08. The molecule has 3 nitrogen and oxygen atoms in total. The van der Waals surface area contributed by atoms with Gasteiger partial charge in [0.15, 0.2) is 0 Å². The average Bonchev–Trinajstić information content (AvgIpc) is 2.29. The van der Waals surface area contributed by atoms with Crippen molar-refractivity contribution < 1.29 is 22.7 Å². The number of rotatable bonds is 5. The van der Waals surface area contributed by atoms with E-state index in [0.717, 1.165) is 6.20 Å². The van der Waals surface area contributed by atoms with Crippen molar-refractivity contribution in [3.05, 3.63) is 28.8 Å². The van der Waals surface area contributed by atoms with Gasteiger partial charge in [0.1, 0.15) is 5.82 Å². The molecule has 0 aliphatic rings. The lowest BCUT2D eigenvalue weighted by Crippen LogP contribution is -2.13. The van der Waals surface area contributed by atoms with Crippen molar-refractivity contribution >= 4 is 21.9 Å². The zero-order valence-corrected chi connectivity index (χ0v) is 11.1. The maximum atomic E-state index is 13.7. The highest BCUT2D eigenvalue weighted by Gasteiger charge is 2.23. The van der Waals surface area contributed by atoms with Crippen molar-refractivity contribution in [1.82, 2.24) is 4.98 Å².